The summed E-state index contributed by atoms with van der Waals surface area (Å²) in [6.07, 6.45) is 2.95. The number of nitrogens with zero attached hydrogens (tertiary/aromatic N) is 1. The molecule has 0 spiro atoms. The fourth-order valence-electron chi connectivity index (χ4n) is 2.45. The molecule has 1 aliphatic heterocycles. The summed E-state index contributed by atoms with van der Waals surface area (Å²) < 4.78 is 5.26. The predicted octanol–water partition coefficient (Wildman–Crippen LogP) is 1.73. The molecule has 1 aromatic rings. The van der Waals surface area contributed by atoms with Crippen LogP contribution in [0.3, 0.4) is 0 Å². The van der Waals surface area contributed by atoms with Gasteiger partial charge in [-0.2, -0.15) is 0 Å². The molecule has 0 amide bonds. The summed E-state index contributed by atoms with van der Waals surface area (Å²) in [5.74, 6) is 0. The van der Waals surface area contributed by atoms with E-state index in [-0.39, 0.29) is 12.0 Å². The normalized spacial score (nSPS) is 17.2. The average Bonchev–Trinajstić information content (AvgIpc) is 2.41. The first-order valence-corrected chi connectivity index (χ1v) is 6.84. The summed E-state index contributed by atoms with van der Waals surface area (Å²) in [6.45, 7) is 8.08. The van der Waals surface area contributed by atoms with Crippen LogP contribution in [0.2, 0.25) is 0 Å². The van der Waals surface area contributed by atoms with Gasteiger partial charge < -0.3 is 9.84 Å². The SMILES string of the molecule is C=CCN(CCc1ccccc1)CC1(CO)COC1. The molecule has 1 N–H and O–H groups in total. The van der Waals surface area contributed by atoms with Crippen molar-refractivity contribution in [3.63, 3.8) is 0 Å². The summed E-state index contributed by atoms with van der Waals surface area (Å²) >= 11 is 0. The molecule has 19 heavy (non-hydrogen) atoms. The Bertz CT molecular complexity index is 381. The molecule has 0 atom stereocenters. The van der Waals surface area contributed by atoms with Crippen LogP contribution in [-0.4, -0.2) is 49.5 Å². The Morgan fingerprint density at radius 3 is 2.58 bits per heavy atom. The molecule has 0 aromatic heterocycles. The Labute approximate surface area is 115 Å². The minimum Gasteiger partial charge on any atom is -0.396 e. The van der Waals surface area contributed by atoms with Crippen molar-refractivity contribution < 1.29 is 9.84 Å². The van der Waals surface area contributed by atoms with E-state index in [2.05, 4.69) is 35.7 Å². The van der Waals surface area contributed by atoms with E-state index >= 15 is 0 Å². The lowest BCUT2D eigenvalue weighted by atomic mass is 9.86. The van der Waals surface area contributed by atoms with Gasteiger partial charge in [0.1, 0.15) is 0 Å². The summed E-state index contributed by atoms with van der Waals surface area (Å²) in [7, 11) is 0. The van der Waals surface area contributed by atoms with Crippen molar-refractivity contribution in [1.82, 2.24) is 4.90 Å². The standard InChI is InChI=1S/C16H23NO2/c1-2-9-17(11-16(12-18)13-19-14-16)10-8-15-6-4-3-5-7-15/h2-7,18H,1,8-14H2. The van der Waals surface area contributed by atoms with Crippen LogP contribution in [-0.2, 0) is 11.2 Å². The van der Waals surface area contributed by atoms with Crippen LogP contribution in [0.4, 0.5) is 0 Å². The molecule has 1 fully saturated rings. The fraction of sp³-hybridized carbons (Fsp3) is 0.500. The maximum absolute atomic E-state index is 9.51. The molecule has 3 heteroatoms. The predicted molar refractivity (Wildman–Crippen MR) is 77.1 cm³/mol. The highest BCUT2D eigenvalue weighted by Gasteiger charge is 2.39. The van der Waals surface area contributed by atoms with Crippen molar-refractivity contribution in [3.8, 4) is 0 Å². The van der Waals surface area contributed by atoms with Gasteiger partial charge in [0.2, 0.25) is 0 Å². The van der Waals surface area contributed by atoms with Gasteiger partial charge in [0, 0.05) is 19.6 Å². The molecule has 104 valence electrons. The van der Waals surface area contributed by atoms with Crippen LogP contribution in [0.25, 0.3) is 0 Å². The molecule has 2 rings (SSSR count). The van der Waals surface area contributed by atoms with Gasteiger partial charge in [-0.1, -0.05) is 36.4 Å². The third kappa shape index (κ3) is 3.90. The molecule has 1 aliphatic rings. The molecular formula is C16H23NO2. The van der Waals surface area contributed by atoms with Gasteiger partial charge in [-0.15, -0.1) is 6.58 Å². The zero-order valence-electron chi connectivity index (χ0n) is 11.4. The summed E-state index contributed by atoms with van der Waals surface area (Å²) in [5, 5.41) is 9.51. The largest absolute Gasteiger partial charge is 0.396 e. The quantitative estimate of drug-likeness (QED) is 0.723. The lowest BCUT2D eigenvalue weighted by Crippen LogP contribution is -2.53. The second kappa shape index (κ2) is 6.85. The summed E-state index contributed by atoms with van der Waals surface area (Å²) in [6, 6.07) is 10.5. The van der Waals surface area contributed by atoms with E-state index in [0.717, 1.165) is 26.1 Å². The van der Waals surface area contributed by atoms with Gasteiger partial charge in [0.15, 0.2) is 0 Å². The third-order valence-electron chi connectivity index (χ3n) is 3.66. The number of rotatable bonds is 8. The van der Waals surface area contributed by atoms with Crippen LogP contribution in [0, 0.1) is 5.41 Å². The van der Waals surface area contributed by atoms with Crippen molar-refractivity contribution in [2.24, 2.45) is 5.41 Å². The second-order valence-electron chi connectivity index (χ2n) is 5.41. The van der Waals surface area contributed by atoms with Gasteiger partial charge in [-0.05, 0) is 12.0 Å². The van der Waals surface area contributed by atoms with Gasteiger partial charge in [0.05, 0.1) is 25.2 Å². The number of hydrogen-bond donors (Lipinski definition) is 1. The van der Waals surface area contributed by atoms with Crippen LogP contribution >= 0.6 is 0 Å². The first-order chi connectivity index (χ1) is 9.28. The Balaban J connectivity index is 1.87. The van der Waals surface area contributed by atoms with Crippen LogP contribution in [0.15, 0.2) is 43.0 Å². The second-order valence-corrected chi connectivity index (χ2v) is 5.41. The van der Waals surface area contributed by atoms with E-state index in [9.17, 15) is 5.11 Å². The third-order valence-corrected chi connectivity index (χ3v) is 3.66. The Morgan fingerprint density at radius 2 is 2.05 bits per heavy atom. The molecule has 1 heterocycles. The Hall–Kier alpha value is -1.16. The van der Waals surface area contributed by atoms with E-state index < -0.39 is 0 Å². The van der Waals surface area contributed by atoms with Crippen LogP contribution in [0.1, 0.15) is 5.56 Å². The number of aliphatic hydroxyl groups is 1. The van der Waals surface area contributed by atoms with Crippen molar-refractivity contribution in [2.45, 2.75) is 6.42 Å². The fourth-order valence-corrected chi connectivity index (χ4v) is 2.45. The van der Waals surface area contributed by atoms with Gasteiger partial charge in [0.25, 0.3) is 0 Å². The lowest BCUT2D eigenvalue weighted by Gasteiger charge is -2.43. The Kier molecular flexibility index (Phi) is 5.14. The van der Waals surface area contributed by atoms with E-state index in [1.807, 2.05) is 12.1 Å². The molecule has 0 bridgehead atoms. The molecule has 0 aliphatic carbocycles. The van der Waals surface area contributed by atoms with Crippen LogP contribution < -0.4 is 0 Å². The average molecular weight is 261 g/mol. The van der Waals surface area contributed by atoms with Gasteiger partial charge in [-0.25, -0.2) is 0 Å². The van der Waals surface area contributed by atoms with E-state index in [4.69, 9.17) is 4.74 Å². The number of benzene rings is 1. The highest BCUT2D eigenvalue weighted by molar-refractivity contribution is 5.14. The molecule has 0 unspecified atom stereocenters. The van der Waals surface area contributed by atoms with Gasteiger partial charge >= 0.3 is 0 Å². The number of ether oxygens (including phenoxy) is 1. The monoisotopic (exact) mass is 261 g/mol. The molecule has 0 saturated carbocycles. The molecular weight excluding hydrogens is 238 g/mol. The number of aliphatic hydroxyl groups excluding tert-OH is 1. The smallest absolute Gasteiger partial charge is 0.0579 e. The van der Waals surface area contributed by atoms with Crippen molar-refractivity contribution in [3.05, 3.63) is 48.6 Å². The Morgan fingerprint density at radius 1 is 1.32 bits per heavy atom. The van der Waals surface area contributed by atoms with E-state index in [1.165, 1.54) is 5.56 Å². The molecule has 1 saturated heterocycles. The first-order valence-electron chi connectivity index (χ1n) is 6.84. The molecule has 3 nitrogen and oxygen atoms in total. The van der Waals surface area contributed by atoms with Gasteiger partial charge in [-0.3, -0.25) is 4.90 Å². The highest BCUT2D eigenvalue weighted by Crippen LogP contribution is 2.27. The molecule has 1 aromatic carbocycles. The van der Waals surface area contributed by atoms with E-state index in [1.54, 1.807) is 0 Å². The zero-order chi connectivity index (χ0) is 13.6. The van der Waals surface area contributed by atoms with Crippen molar-refractivity contribution in [2.75, 3.05) is 39.5 Å². The minimum atomic E-state index is -0.0559. The first kappa shape index (κ1) is 14.3. The maximum Gasteiger partial charge on any atom is 0.0579 e. The molecule has 0 radical (unpaired) electrons. The van der Waals surface area contributed by atoms with E-state index in [0.29, 0.717) is 13.2 Å². The minimum absolute atomic E-state index is 0.0559. The van der Waals surface area contributed by atoms with Crippen LogP contribution in [0.5, 0.6) is 0 Å². The van der Waals surface area contributed by atoms with Crippen molar-refractivity contribution in [1.29, 1.82) is 0 Å². The number of hydrogen-bond acceptors (Lipinski definition) is 3. The highest BCUT2D eigenvalue weighted by atomic mass is 16.5. The zero-order valence-corrected chi connectivity index (χ0v) is 11.4. The lowest BCUT2D eigenvalue weighted by molar-refractivity contribution is -0.147. The maximum atomic E-state index is 9.51. The topological polar surface area (TPSA) is 32.7 Å². The summed E-state index contributed by atoms with van der Waals surface area (Å²) in [5.41, 5.74) is 1.29. The van der Waals surface area contributed by atoms with Crippen molar-refractivity contribution >= 4 is 0 Å². The summed E-state index contributed by atoms with van der Waals surface area (Å²) in [4.78, 5) is 2.35.